The van der Waals surface area contributed by atoms with Crippen molar-refractivity contribution in [2.75, 3.05) is 26.4 Å². The third kappa shape index (κ3) is 37.5. The maximum atomic E-state index is 12.5. The van der Waals surface area contributed by atoms with Crippen LogP contribution < -0.4 is 10.6 Å². The molecule has 0 amide bonds. The number of carbonyl (C=O) groups excluding carboxylic acids is 2. The fourth-order valence-electron chi connectivity index (χ4n) is 5.16. The van der Waals surface area contributed by atoms with E-state index in [2.05, 4.69) is 67.0 Å². The second kappa shape index (κ2) is 37.7. The number of phosphoric acid groups is 1. The van der Waals surface area contributed by atoms with Crippen LogP contribution in [0.2, 0.25) is 0 Å². The molecule has 0 aliphatic carbocycles. The standard InChI is InChI=1S/C41H74NO8P/c1-3-5-7-9-11-13-15-17-19-21-23-25-27-29-31-33-40(43)47-37-39(38-49-51(45,46)48-36-35-42)50-41(44)34-32-30-28-26-24-22-20-18-16-14-12-10-8-6-4-2/h11-14,17-20,39H,3-10,15-16,21-38,42H2,1-2H3,(H,45,46)/p-1/b13-11-,14-12-,19-17-,20-18-/t39-/m1/s1. The molecule has 2 N–H and O–H groups in total. The molecule has 1 unspecified atom stereocenters. The Balaban J connectivity index is 4.26. The average Bonchev–Trinajstić information content (AvgIpc) is 3.11. The molecule has 0 heterocycles. The summed E-state index contributed by atoms with van der Waals surface area (Å²) in [6.45, 7) is 3.43. The van der Waals surface area contributed by atoms with Crippen LogP contribution >= 0.6 is 7.82 Å². The van der Waals surface area contributed by atoms with Crippen LogP contribution in [0.15, 0.2) is 48.6 Å². The van der Waals surface area contributed by atoms with Crippen molar-refractivity contribution < 1.29 is 37.6 Å². The molecule has 0 radical (unpaired) electrons. The third-order valence-corrected chi connectivity index (χ3v) is 9.14. The lowest BCUT2D eigenvalue weighted by atomic mass is 10.1. The van der Waals surface area contributed by atoms with E-state index >= 15 is 0 Å². The fraction of sp³-hybridized carbons (Fsp3) is 0.756. The predicted octanol–water partition coefficient (Wildman–Crippen LogP) is 10.5. The van der Waals surface area contributed by atoms with Crippen molar-refractivity contribution in [3.63, 3.8) is 0 Å². The predicted molar refractivity (Wildman–Crippen MR) is 208 cm³/mol. The van der Waals surface area contributed by atoms with Gasteiger partial charge in [0.25, 0.3) is 7.82 Å². The van der Waals surface area contributed by atoms with Gasteiger partial charge in [-0.2, -0.15) is 0 Å². The molecular formula is C41H73NO8P-. The monoisotopic (exact) mass is 739 g/mol. The molecule has 0 aliphatic heterocycles. The lowest BCUT2D eigenvalue weighted by Crippen LogP contribution is -2.30. The summed E-state index contributed by atoms with van der Waals surface area (Å²) in [5.41, 5.74) is 5.31. The van der Waals surface area contributed by atoms with Crippen molar-refractivity contribution in [3.8, 4) is 0 Å². The second-order valence-electron chi connectivity index (χ2n) is 13.1. The molecule has 0 aromatic rings. The normalized spacial score (nSPS) is 13.9. The van der Waals surface area contributed by atoms with Gasteiger partial charge in [0.05, 0.1) is 13.2 Å². The summed E-state index contributed by atoms with van der Waals surface area (Å²) in [5, 5.41) is 0. The number of esters is 2. The van der Waals surface area contributed by atoms with Gasteiger partial charge in [-0.1, -0.05) is 127 Å². The highest BCUT2D eigenvalue weighted by atomic mass is 31.2. The van der Waals surface area contributed by atoms with Crippen molar-refractivity contribution in [2.24, 2.45) is 5.73 Å². The average molecular weight is 739 g/mol. The molecule has 10 heteroatoms. The van der Waals surface area contributed by atoms with Crippen LogP contribution in [-0.2, 0) is 32.7 Å². The van der Waals surface area contributed by atoms with Crippen LogP contribution in [0.25, 0.3) is 0 Å². The van der Waals surface area contributed by atoms with Gasteiger partial charge in [-0.25, -0.2) is 0 Å². The van der Waals surface area contributed by atoms with E-state index in [1.54, 1.807) is 0 Å². The Bertz CT molecular complexity index is 981. The van der Waals surface area contributed by atoms with Crippen molar-refractivity contribution >= 4 is 19.8 Å². The molecule has 0 bridgehead atoms. The van der Waals surface area contributed by atoms with E-state index in [1.807, 2.05) is 0 Å². The number of nitrogens with two attached hydrogens (primary N) is 1. The van der Waals surface area contributed by atoms with E-state index < -0.39 is 32.5 Å². The topological polar surface area (TPSA) is 137 Å². The molecule has 2 atom stereocenters. The highest BCUT2D eigenvalue weighted by molar-refractivity contribution is 7.45. The maximum absolute atomic E-state index is 12.5. The lowest BCUT2D eigenvalue weighted by molar-refractivity contribution is -0.228. The third-order valence-electron chi connectivity index (χ3n) is 8.18. The molecule has 0 rings (SSSR count). The zero-order valence-electron chi connectivity index (χ0n) is 32.3. The largest absolute Gasteiger partial charge is 0.756 e. The summed E-state index contributed by atoms with van der Waals surface area (Å²) in [5.74, 6) is -0.900. The fourth-order valence-corrected chi connectivity index (χ4v) is 5.91. The minimum Gasteiger partial charge on any atom is -0.756 e. The molecule has 0 spiro atoms. The summed E-state index contributed by atoms with van der Waals surface area (Å²) in [6.07, 6.45) is 41.1. The summed E-state index contributed by atoms with van der Waals surface area (Å²) < 4.78 is 32.3. The highest BCUT2D eigenvalue weighted by Crippen LogP contribution is 2.38. The number of carbonyl (C=O) groups is 2. The molecule has 0 aliphatic rings. The van der Waals surface area contributed by atoms with Crippen LogP contribution in [0.1, 0.15) is 168 Å². The van der Waals surface area contributed by atoms with Crippen LogP contribution in [0.3, 0.4) is 0 Å². The van der Waals surface area contributed by atoms with Gasteiger partial charge in [0.15, 0.2) is 6.10 Å². The van der Waals surface area contributed by atoms with E-state index in [1.165, 1.54) is 51.4 Å². The molecule has 9 nitrogen and oxygen atoms in total. The van der Waals surface area contributed by atoms with Gasteiger partial charge in [0.2, 0.25) is 0 Å². The first-order chi connectivity index (χ1) is 24.8. The maximum Gasteiger partial charge on any atom is 0.306 e. The molecule has 51 heavy (non-hydrogen) atoms. The molecule has 0 saturated carbocycles. The van der Waals surface area contributed by atoms with E-state index in [4.69, 9.17) is 19.7 Å². The molecule has 0 fully saturated rings. The number of allylic oxidation sites excluding steroid dienone is 8. The van der Waals surface area contributed by atoms with E-state index in [0.29, 0.717) is 12.8 Å². The Morgan fingerprint density at radius 1 is 0.588 bits per heavy atom. The van der Waals surface area contributed by atoms with Crippen molar-refractivity contribution in [3.05, 3.63) is 48.6 Å². The Morgan fingerprint density at radius 3 is 1.49 bits per heavy atom. The first kappa shape index (κ1) is 49.0. The lowest BCUT2D eigenvalue weighted by Gasteiger charge is -2.25. The second-order valence-corrected chi connectivity index (χ2v) is 14.5. The van der Waals surface area contributed by atoms with Gasteiger partial charge >= 0.3 is 11.9 Å². The molecular weight excluding hydrogens is 665 g/mol. The zero-order valence-corrected chi connectivity index (χ0v) is 33.2. The molecule has 296 valence electrons. The van der Waals surface area contributed by atoms with Crippen molar-refractivity contribution in [1.29, 1.82) is 0 Å². The first-order valence-corrected chi connectivity index (χ1v) is 21.6. The summed E-state index contributed by atoms with van der Waals surface area (Å²) in [4.78, 5) is 36.9. The molecule has 0 saturated heterocycles. The molecule has 0 aromatic carbocycles. The highest BCUT2D eigenvalue weighted by Gasteiger charge is 2.21. The van der Waals surface area contributed by atoms with Crippen molar-refractivity contribution in [2.45, 2.75) is 174 Å². The quantitative estimate of drug-likeness (QED) is 0.0286. The Hall–Kier alpha value is -2.03. The first-order valence-electron chi connectivity index (χ1n) is 20.1. The Morgan fingerprint density at radius 2 is 1.02 bits per heavy atom. The number of ether oxygens (including phenoxy) is 2. The number of hydrogen-bond donors (Lipinski definition) is 1. The van der Waals surface area contributed by atoms with Crippen molar-refractivity contribution in [1.82, 2.24) is 0 Å². The van der Waals surface area contributed by atoms with Crippen LogP contribution in [-0.4, -0.2) is 44.4 Å². The zero-order chi connectivity index (χ0) is 37.5. The minimum absolute atomic E-state index is 0.00728. The van der Waals surface area contributed by atoms with E-state index in [9.17, 15) is 19.0 Å². The summed E-state index contributed by atoms with van der Waals surface area (Å²) in [6, 6.07) is 0. The Labute approximate surface area is 311 Å². The van der Waals surface area contributed by atoms with Gasteiger partial charge in [-0.05, 0) is 77.0 Å². The van der Waals surface area contributed by atoms with Crippen LogP contribution in [0.4, 0.5) is 0 Å². The van der Waals surface area contributed by atoms with Crippen LogP contribution in [0.5, 0.6) is 0 Å². The number of rotatable bonds is 37. The van der Waals surface area contributed by atoms with Gasteiger partial charge < -0.3 is 29.1 Å². The summed E-state index contributed by atoms with van der Waals surface area (Å²) in [7, 11) is -4.63. The number of phosphoric ester groups is 1. The van der Waals surface area contributed by atoms with Crippen LogP contribution in [0, 0.1) is 0 Å². The van der Waals surface area contributed by atoms with Gasteiger partial charge in [0, 0.05) is 19.4 Å². The smallest absolute Gasteiger partial charge is 0.306 e. The number of hydrogen-bond acceptors (Lipinski definition) is 9. The summed E-state index contributed by atoms with van der Waals surface area (Å²) >= 11 is 0. The number of unbranched alkanes of at least 4 members (excludes halogenated alkanes) is 16. The van der Waals surface area contributed by atoms with Gasteiger partial charge in [-0.15, -0.1) is 0 Å². The molecule has 0 aromatic heterocycles. The minimum atomic E-state index is -4.63. The van der Waals surface area contributed by atoms with Gasteiger partial charge in [-0.3, -0.25) is 14.2 Å². The van der Waals surface area contributed by atoms with E-state index in [-0.39, 0.29) is 32.6 Å². The Kier molecular flexibility index (Phi) is 36.2. The van der Waals surface area contributed by atoms with Gasteiger partial charge in [0.1, 0.15) is 6.61 Å². The van der Waals surface area contributed by atoms with E-state index in [0.717, 1.165) is 77.0 Å². The SMILES string of the molecule is CCCCC/C=C\C/C=C\CCCCCCCC(=O)OC[C@H](COP(=O)([O-])OCCN)OC(=O)CCCCCCC/C=C\C/C=C\CCCCC.